The summed E-state index contributed by atoms with van der Waals surface area (Å²) in [6.07, 6.45) is 6.59. The van der Waals surface area contributed by atoms with Crippen LogP contribution in [0.4, 0.5) is 5.95 Å². The monoisotopic (exact) mass is 193 g/mol. The zero-order valence-corrected chi connectivity index (χ0v) is 9.20. The molecule has 3 heteroatoms. The van der Waals surface area contributed by atoms with Gasteiger partial charge in [0.25, 0.3) is 0 Å². The van der Waals surface area contributed by atoms with Crippen molar-refractivity contribution in [3.63, 3.8) is 0 Å². The fourth-order valence-corrected chi connectivity index (χ4v) is 2.51. The van der Waals surface area contributed by atoms with E-state index < -0.39 is 0 Å². The summed E-state index contributed by atoms with van der Waals surface area (Å²) in [6.45, 7) is 4.70. The van der Waals surface area contributed by atoms with Gasteiger partial charge in [0.15, 0.2) is 0 Å². The summed E-state index contributed by atoms with van der Waals surface area (Å²) in [5.41, 5.74) is 0. The van der Waals surface area contributed by atoms with Crippen LogP contribution >= 0.6 is 0 Å². The second-order valence-corrected chi connectivity index (χ2v) is 4.39. The summed E-state index contributed by atoms with van der Waals surface area (Å²) in [4.78, 5) is 4.29. The number of aromatic nitrogens is 2. The Balaban J connectivity index is 2.23. The van der Waals surface area contributed by atoms with E-state index in [9.17, 15) is 0 Å². The molecule has 1 saturated carbocycles. The van der Waals surface area contributed by atoms with Crippen LogP contribution in [0.5, 0.6) is 0 Å². The molecule has 1 aromatic rings. The summed E-state index contributed by atoms with van der Waals surface area (Å²) < 4.78 is 2.29. The SMILES string of the molecule is CNc1nccn1C1CCC(C)C1C. The third-order valence-electron chi connectivity index (χ3n) is 3.67. The summed E-state index contributed by atoms with van der Waals surface area (Å²) in [5.74, 6) is 2.60. The average Bonchev–Trinajstić information content (AvgIpc) is 2.75. The van der Waals surface area contributed by atoms with Gasteiger partial charge in [0.05, 0.1) is 0 Å². The van der Waals surface area contributed by atoms with Gasteiger partial charge in [0.2, 0.25) is 5.95 Å². The molecule has 1 fully saturated rings. The van der Waals surface area contributed by atoms with Crippen LogP contribution < -0.4 is 5.32 Å². The maximum Gasteiger partial charge on any atom is 0.202 e. The molecule has 0 bridgehead atoms. The second kappa shape index (κ2) is 3.64. The van der Waals surface area contributed by atoms with E-state index in [1.54, 1.807) is 0 Å². The lowest BCUT2D eigenvalue weighted by atomic mass is 9.98. The lowest BCUT2D eigenvalue weighted by molar-refractivity contribution is 0.355. The standard InChI is InChI=1S/C11H19N3/c1-8-4-5-10(9(8)2)14-7-6-13-11(14)12-3/h6-10H,4-5H2,1-3H3,(H,12,13). The van der Waals surface area contributed by atoms with Crippen LogP contribution in [0.15, 0.2) is 12.4 Å². The van der Waals surface area contributed by atoms with Gasteiger partial charge in [-0.15, -0.1) is 0 Å². The number of nitrogens with zero attached hydrogens (tertiary/aromatic N) is 2. The van der Waals surface area contributed by atoms with Gasteiger partial charge < -0.3 is 9.88 Å². The van der Waals surface area contributed by atoms with Crippen molar-refractivity contribution in [3.8, 4) is 0 Å². The normalized spacial score (nSPS) is 32.1. The largest absolute Gasteiger partial charge is 0.359 e. The van der Waals surface area contributed by atoms with E-state index in [1.807, 2.05) is 13.2 Å². The van der Waals surface area contributed by atoms with E-state index in [2.05, 4.69) is 34.9 Å². The maximum absolute atomic E-state index is 4.29. The summed E-state index contributed by atoms with van der Waals surface area (Å²) in [5, 5.41) is 3.14. The van der Waals surface area contributed by atoms with E-state index in [0.717, 1.165) is 17.8 Å². The van der Waals surface area contributed by atoms with Crippen LogP contribution in [0.2, 0.25) is 0 Å². The molecule has 0 amide bonds. The minimum atomic E-state index is 0.634. The molecule has 14 heavy (non-hydrogen) atoms. The Labute approximate surface area is 85.5 Å². The van der Waals surface area contributed by atoms with Gasteiger partial charge in [-0.1, -0.05) is 13.8 Å². The van der Waals surface area contributed by atoms with E-state index in [0.29, 0.717) is 6.04 Å². The molecule has 1 aromatic heterocycles. The molecule has 0 spiro atoms. The highest BCUT2D eigenvalue weighted by Gasteiger charge is 2.31. The van der Waals surface area contributed by atoms with Gasteiger partial charge in [-0.25, -0.2) is 4.98 Å². The predicted molar refractivity (Wildman–Crippen MR) is 58.4 cm³/mol. The topological polar surface area (TPSA) is 29.9 Å². The predicted octanol–water partition coefficient (Wildman–Crippen LogP) is 2.53. The van der Waals surface area contributed by atoms with Crippen molar-refractivity contribution in [2.45, 2.75) is 32.7 Å². The molecule has 0 aromatic carbocycles. The van der Waals surface area contributed by atoms with Crippen molar-refractivity contribution in [3.05, 3.63) is 12.4 Å². The maximum atomic E-state index is 4.29. The van der Waals surface area contributed by atoms with Crippen LogP contribution in [-0.4, -0.2) is 16.6 Å². The quantitative estimate of drug-likeness (QED) is 0.782. The van der Waals surface area contributed by atoms with Crippen molar-refractivity contribution >= 4 is 5.95 Å². The average molecular weight is 193 g/mol. The highest BCUT2D eigenvalue weighted by Crippen LogP contribution is 2.40. The number of anilines is 1. The highest BCUT2D eigenvalue weighted by molar-refractivity contribution is 5.25. The first kappa shape index (κ1) is 9.56. The Morgan fingerprint density at radius 3 is 2.79 bits per heavy atom. The van der Waals surface area contributed by atoms with Gasteiger partial charge >= 0.3 is 0 Å². The van der Waals surface area contributed by atoms with Gasteiger partial charge in [-0.05, 0) is 24.7 Å². The molecule has 1 heterocycles. The minimum Gasteiger partial charge on any atom is -0.359 e. The lowest BCUT2D eigenvalue weighted by Crippen LogP contribution is -2.15. The Hall–Kier alpha value is -0.990. The Bertz CT molecular complexity index is 305. The third kappa shape index (κ3) is 1.41. The van der Waals surface area contributed by atoms with Gasteiger partial charge in [0, 0.05) is 25.5 Å². The van der Waals surface area contributed by atoms with Crippen molar-refractivity contribution in [1.82, 2.24) is 9.55 Å². The third-order valence-corrected chi connectivity index (χ3v) is 3.67. The minimum absolute atomic E-state index is 0.634. The van der Waals surface area contributed by atoms with Crippen molar-refractivity contribution in [2.24, 2.45) is 11.8 Å². The Kier molecular flexibility index (Phi) is 2.48. The zero-order valence-electron chi connectivity index (χ0n) is 9.20. The molecule has 1 aliphatic rings. The fraction of sp³-hybridized carbons (Fsp3) is 0.727. The van der Waals surface area contributed by atoms with E-state index in [4.69, 9.17) is 0 Å². The van der Waals surface area contributed by atoms with Gasteiger partial charge in [-0.2, -0.15) is 0 Å². The number of hydrogen-bond acceptors (Lipinski definition) is 2. The molecular weight excluding hydrogens is 174 g/mol. The van der Waals surface area contributed by atoms with E-state index in [1.165, 1.54) is 12.8 Å². The highest BCUT2D eigenvalue weighted by atomic mass is 15.2. The number of rotatable bonds is 2. The first-order chi connectivity index (χ1) is 6.74. The van der Waals surface area contributed by atoms with Crippen LogP contribution in [0, 0.1) is 11.8 Å². The first-order valence-corrected chi connectivity index (χ1v) is 5.44. The number of hydrogen-bond donors (Lipinski definition) is 1. The molecule has 3 unspecified atom stereocenters. The second-order valence-electron chi connectivity index (χ2n) is 4.39. The molecule has 78 valence electrons. The van der Waals surface area contributed by atoms with Crippen molar-refractivity contribution < 1.29 is 0 Å². The van der Waals surface area contributed by atoms with Crippen LogP contribution in [0.25, 0.3) is 0 Å². The fourth-order valence-electron chi connectivity index (χ4n) is 2.51. The van der Waals surface area contributed by atoms with Crippen LogP contribution in [0.3, 0.4) is 0 Å². The van der Waals surface area contributed by atoms with E-state index >= 15 is 0 Å². The molecular formula is C11H19N3. The Morgan fingerprint density at radius 1 is 1.43 bits per heavy atom. The van der Waals surface area contributed by atoms with Crippen LogP contribution in [0.1, 0.15) is 32.7 Å². The molecule has 2 rings (SSSR count). The van der Waals surface area contributed by atoms with Crippen molar-refractivity contribution in [2.75, 3.05) is 12.4 Å². The Morgan fingerprint density at radius 2 is 2.21 bits per heavy atom. The molecule has 0 radical (unpaired) electrons. The molecule has 3 atom stereocenters. The molecule has 1 aliphatic carbocycles. The molecule has 1 N–H and O–H groups in total. The molecule has 0 saturated heterocycles. The zero-order chi connectivity index (χ0) is 10.1. The molecule has 0 aliphatic heterocycles. The number of nitrogens with one attached hydrogen (secondary N) is 1. The lowest BCUT2D eigenvalue weighted by Gasteiger charge is -2.21. The van der Waals surface area contributed by atoms with E-state index in [-0.39, 0.29) is 0 Å². The molecule has 3 nitrogen and oxygen atoms in total. The summed E-state index contributed by atoms with van der Waals surface area (Å²) >= 11 is 0. The summed E-state index contributed by atoms with van der Waals surface area (Å²) in [6, 6.07) is 0.634. The van der Waals surface area contributed by atoms with Gasteiger partial charge in [0.1, 0.15) is 0 Å². The summed E-state index contributed by atoms with van der Waals surface area (Å²) in [7, 11) is 1.93. The smallest absolute Gasteiger partial charge is 0.202 e. The van der Waals surface area contributed by atoms with Crippen molar-refractivity contribution in [1.29, 1.82) is 0 Å². The van der Waals surface area contributed by atoms with Gasteiger partial charge in [-0.3, -0.25) is 0 Å². The number of imidazole rings is 1. The van der Waals surface area contributed by atoms with Crippen LogP contribution in [-0.2, 0) is 0 Å². The first-order valence-electron chi connectivity index (χ1n) is 5.44.